The van der Waals surface area contributed by atoms with Crippen LogP contribution in [-0.4, -0.2) is 36.2 Å². The normalized spacial score (nSPS) is 18.0. The van der Waals surface area contributed by atoms with E-state index in [2.05, 4.69) is 38.7 Å². The highest BCUT2D eigenvalue weighted by atomic mass is 16.5. The second kappa shape index (κ2) is 4.23. The van der Waals surface area contributed by atoms with E-state index in [0.717, 1.165) is 33.0 Å². The van der Waals surface area contributed by atoms with Crippen molar-refractivity contribution in [2.45, 2.75) is 6.67 Å². The van der Waals surface area contributed by atoms with Crippen LogP contribution in [0.25, 0.3) is 11.0 Å². The van der Waals surface area contributed by atoms with Crippen molar-refractivity contribution in [3.8, 4) is 0 Å². The Balaban J connectivity index is 1.83. The number of ether oxygens (including phenoxy) is 1. The van der Waals surface area contributed by atoms with E-state index in [0.29, 0.717) is 0 Å². The van der Waals surface area contributed by atoms with E-state index in [-0.39, 0.29) is 0 Å². The number of nitrogens with one attached hydrogen (secondary N) is 1. The first-order valence-electron chi connectivity index (χ1n) is 5.69. The molecule has 0 aliphatic carbocycles. The van der Waals surface area contributed by atoms with Gasteiger partial charge in [0.15, 0.2) is 11.0 Å². The van der Waals surface area contributed by atoms with Gasteiger partial charge in [-0.25, -0.2) is 9.55 Å². The van der Waals surface area contributed by atoms with Crippen LogP contribution >= 0.6 is 0 Å². The lowest BCUT2D eigenvalue weighted by atomic mass is 10.3. The number of benzene rings is 1. The summed E-state index contributed by atoms with van der Waals surface area (Å²) in [6.45, 7) is 4.68. The van der Waals surface area contributed by atoms with Gasteiger partial charge in [-0.15, -0.1) is 0 Å². The van der Waals surface area contributed by atoms with Crippen LogP contribution in [0.1, 0.15) is 0 Å². The fourth-order valence-corrected chi connectivity index (χ4v) is 2.14. The predicted molar refractivity (Wildman–Crippen MR) is 60.9 cm³/mol. The van der Waals surface area contributed by atoms with Gasteiger partial charge in [0.2, 0.25) is 6.33 Å². The first-order chi connectivity index (χ1) is 7.93. The third kappa shape index (κ3) is 1.81. The third-order valence-electron chi connectivity index (χ3n) is 3.05. The number of nitrogens with zero attached hydrogens (tertiary/aromatic N) is 2. The highest BCUT2D eigenvalue weighted by Gasteiger charge is 2.15. The van der Waals surface area contributed by atoms with Gasteiger partial charge in [0.1, 0.15) is 6.67 Å². The van der Waals surface area contributed by atoms with Crippen molar-refractivity contribution in [1.29, 1.82) is 0 Å². The lowest BCUT2D eigenvalue weighted by molar-refractivity contribution is -0.691. The van der Waals surface area contributed by atoms with Crippen LogP contribution in [0.5, 0.6) is 0 Å². The fraction of sp³-hybridized carbons (Fsp3) is 0.417. The van der Waals surface area contributed by atoms with Gasteiger partial charge in [-0.05, 0) is 12.1 Å². The molecule has 84 valence electrons. The molecule has 2 heterocycles. The molecule has 1 saturated heterocycles. The quantitative estimate of drug-likeness (QED) is 0.754. The molecule has 1 fully saturated rings. The van der Waals surface area contributed by atoms with Crippen LogP contribution in [0.4, 0.5) is 0 Å². The zero-order valence-electron chi connectivity index (χ0n) is 9.22. The van der Waals surface area contributed by atoms with Crippen LogP contribution in [0.3, 0.4) is 0 Å². The van der Waals surface area contributed by atoms with Crippen molar-refractivity contribution in [3.63, 3.8) is 0 Å². The van der Waals surface area contributed by atoms with Gasteiger partial charge in [-0.1, -0.05) is 12.1 Å². The number of H-pyrrole nitrogens is 1. The molecule has 0 spiro atoms. The molecule has 0 saturated carbocycles. The molecule has 1 aromatic heterocycles. The lowest BCUT2D eigenvalue weighted by Crippen LogP contribution is -2.47. The number of imidazole rings is 1. The standard InChI is InChI=1S/C12H15N3O/c1-2-4-12-11(3-1)13-9-15(12)10-14-5-7-16-8-6-14/h1-4,9H,5-8,10H2/p+1. The summed E-state index contributed by atoms with van der Waals surface area (Å²) in [7, 11) is 0. The van der Waals surface area contributed by atoms with Gasteiger partial charge in [0.25, 0.3) is 0 Å². The van der Waals surface area contributed by atoms with E-state index in [4.69, 9.17) is 4.74 Å². The van der Waals surface area contributed by atoms with Crippen LogP contribution in [0, 0.1) is 0 Å². The summed E-state index contributed by atoms with van der Waals surface area (Å²) in [6.07, 6.45) is 2.04. The molecular formula is C12H16N3O+. The van der Waals surface area contributed by atoms with E-state index in [1.807, 2.05) is 6.33 Å². The molecule has 0 amide bonds. The predicted octanol–water partition coefficient (Wildman–Crippen LogP) is 0.745. The second-order valence-electron chi connectivity index (χ2n) is 4.13. The van der Waals surface area contributed by atoms with E-state index in [1.54, 1.807) is 0 Å². The summed E-state index contributed by atoms with van der Waals surface area (Å²) in [5.41, 5.74) is 2.45. The number of para-hydroxylation sites is 2. The maximum Gasteiger partial charge on any atom is 0.243 e. The van der Waals surface area contributed by atoms with Crippen molar-refractivity contribution in [3.05, 3.63) is 30.6 Å². The van der Waals surface area contributed by atoms with E-state index in [9.17, 15) is 0 Å². The molecule has 0 unspecified atom stereocenters. The molecule has 0 radical (unpaired) electrons. The molecule has 4 nitrogen and oxygen atoms in total. The SMILES string of the molecule is c1ccc2c(c1)[nH]c[n+]2CN1CCOCC1. The monoisotopic (exact) mass is 218 g/mol. The number of aromatic amines is 1. The lowest BCUT2D eigenvalue weighted by Gasteiger charge is -2.24. The van der Waals surface area contributed by atoms with Gasteiger partial charge in [0, 0.05) is 13.1 Å². The van der Waals surface area contributed by atoms with Crippen LogP contribution in [-0.2, 0) is 11.4 Å². The Bertz CT molecular complexity index is 474. The molecule has 1 aromatic carbocycles. The minimum Gasteiger partial charge on any atom is -0.379 e. The Morgan fingerprint density at radius 2 is 2.06 bits per heavy atom. The van der Waals surface area contributed by atoms with Gasteiger partial charge >= 0.3 is 0 Å². The van der Waals surface area contributed by atoms with Crippen molar-refractivity contribution < 1.29 is 9.30 Å². The zero-order chi connectivity index (χ0) is 10.8. The molecule has 2 aromatic rings. The summed E-state index contributed by atoms with van der Waals surface area (Å²) >= 11 is 0. The molecule has 1 aliphatic heterocycles. The average molecular weight is 218 g/mol. The number of aromatic nitrogens is 2. The van der Waals surface area contributed by atoms with E-state index < -0.39 is 0 Å². The van der Waals surface area contributed by atoms with Crippen LogP contribution in [0.15, 0.2) is 30.6 Å². The Morgan fingerprint density at radius 3 is 2.94 bits per heavy atom. The first-order valence-corrected chi connectivity index (χ1v) is 5.69. The molecule has 16 heavy (non-hydrogen) atoms. The summed E-state index contributed by atoms with van der Waals surface area (Å²) in [5.74, 6) is 0. The van der Waals surface area contributed by atoms with Crippen LogP contribution < -0.4 is 4.57 Å². The number of morpholine rings is 1. The maximum absolute atomic E-state index is 5.35. The van der Waals surface area contributed by atoms with Crippen LogP contribution in [0.2, 0.25) is 0 Å². The summed E-state index contributed by atoms with van der Waals surface area (Å²) in [6, 6.07) is 8.38. The Morgan fingerprint density at radius 1 is 1.25 bits per heavy atom. The highest BCUT2D eigenvalue weighted by Crippen LogP contribution is 2.06. The number of hydrogen-bond donors (Lipinski definition) is 1. The second-order valence-corrected chi connectivity index (χ2v) is 4.13. The molecule has 0 bridgehead atoms. The van der Waals surface area contributed by atoms with Crippen molar-refractivity contribution >= 4 is 11.0 Å². The smallest absolute Gasteiger partial charge is 0.243 e. The molecule has 3 rings (SSSR count). The highest BCUT2D eigenvalue weighted by molar-refractivity contribution is 5.70. The molecule has 1 aliphatic rings. The molecular weight excluding hydrogens is 202 g/mol. The zero-order valence-corrected chi connectivity index (χ0v) is 9.22. The van der Waals surface area contributed by atoms with Crippen molar-refractivity contribution in [2.75, 3.05) is 26.3 Å². The van der Waals surface area contributed by atoms with Gasteiger partial charge < -0.3 is 4.74 Å². The van der Waals surface area contributed by atoms with Gasteiger partial charge in [-0.2, -0.15) is 0 Å². The fourth-order valence-electron chi connectivity index (χ4n) is 2.14. The summed E-state index contributed by atoms with van der Waals surface area (Å²) < 4.78 is 7.60. The van der Waals surface area contributed by atoms with E-state index >= 15 is 0 Å². The van der Waals surface area contributed by atoms with Crippen molar-refractivity contribution in [1.82, 2.24) is 9.88 Å². The van der Waals surface area contributed by atoms with Gasteiger partial charge in [-0.3, -0.25) is 4.90 Å². The van der Waals surface area contributed by atoms with Gasteiger partial charge in [0.05, 0.1) is 13.2 Å². The maximum atomic E-state index is 5.35. The summed E-state index contributed by atoms with van der Waals surface area (Å²) in [4.78, 5) is 5.69. The summed E-state index contributed by atoms with van der Waals surface area (Å²) in [5, 5.41) is 0. The Hall–Kier alpha value is -1.39. The first kappa shape index (κ1) is 9.81. The van der Waals surface area contributed by atoms with E-state index in [1.165, 1.54) is 11.0 Å². The number of hydrogen-bond acceptors (Lipinski definition) is 2. The Labute approximate surface area is 94.4 Å². The van der Waals surface area contributed by atoms with Crippen molar-refractivity contribution in [2.24, 2.45) is 0 Å². The minimum absolute atomic E-state index is 0.850. The number of rotatable bonds is 2. The Kier molecular flexibility index (Phi) is 2.60. The molecule has 4 heteroatoms. The third-order valence-corrected chi connectivity index (χ3v) is 3.05. The number of fused-ring (bicyclic) bond motifs is 1. The minimum atomic E-state index is 0.850. The molecule has 0 atom stereocenters. The largest absolute Gasteiger partial charge is 0.379 e. The average Bonchev–Trinajstić information content (AvgIpc) is 2.74. The molecule has 1 N–H and O–H groups in total. The topological polar surface area (TPSA) is 32.1 Å².